The van der Waals surface area contributed by atoms with Gasteiger partial charge in [0.2, 0.25) is 0 Å². The molecule has 0 spiro atoms. The number of likely N-dealkylation sites (N-methyl/N-ethyl adjacent to an activating group) is 1. The second-order valence-electron chi connectivity index (χ2n) is 8.88. The molecular weight excluding hydrogens is 392 g/mol. The minimum Gasteiger partial charge on any atom is -0.345 e. The van der Waals surface area contributed by atoms with Gasteiger partial charge in [0.1, 0.15) is 11.0 Å². The number of likely N-dealkylation sites (tertiary alicyclic amines) is 1. The molecule has 0 radical (unpaired) electrons. The van der Waals surface area contributed by atoms with Gasteiger partial charge in [0, 0.05) is 53.9 Å². The zero-order chi connectivity index (χ0) is 20.2. The van der Waals surface area contributed by atoms with Gasteiger partial charge in [-0.3, -0.25) is 0 Å². The molecule has 0 bridgehead atoms. The highest BCUT2D eigenvalue weighted by atomic mass is 35.5. The Labute approximate surface area is 181 Å². The minimum atomic E-state index is 0.518. The van der Waals surface area contributed by atoms with Gasteiger partial charge in [0.05, 0.1) is 0 Å². The van der Waals surface area contributed by atoms with Crippen LogP contribution in [0.4, 0.5) is 0 Å². The topological polar surface area (TPSA) is 36.9 Å². The van der Waals surface area contributed by atoms with Crippen molar-refractivity contribution in [2.75, 3.05) is 13.6 Å². The van der Waals surface area contributed by atoms with Crippen LogP contribution in [-0.2, 0) is 13.0 Å². The molecule has 5 heteroatoms. The van der Waals surface area contributed by atoms with Crippen LogP contribution in [0, 0.1) is 5.92 Å². The molecule has 152 valence electrons. The first-order valence-electron chi connectivity index (χ1n) is 10.7. The fourth-order valence-electron chi connectivity index (χ4n) is 5.81. The lowest BCUT2D eigenvalue weighted by atomic mass is 9.72. The van der Waals surface area contributed by atoms with Gasteiger partial charge in [0.25, 0.3) is 0 Å². The van der Waals surface area contributed by atoms with Crippen molar-refractivity contribution >= 4 is 22.5 Å². The number of rotatable bonds is 3. The highest BCUT2D eigenvalue weighted by Gasteiger charge is 2.40. The molecule has 1 saturated heterocycles. The van der Waals surface area contributed by atoms with Crippen molar-refractivity contribution in [2.45, 2.75) is 31.3 Å². The third-order valence-corrected chi connectivity index (χ3v) is 7.41. The molecule has 4 aromatic rings. The van der Waals surface area contributed by atoms with E-state index in [-0.39, 0.29) is 0 Å². The molecule has 0 saturated carbocycles. The SMILES string of the molecule is CN1C[C@@H](Cn2ccnc2-c2ccccc2)CC2c3cccc4[nH]c(Cl)c(c34)C[C@H]21. The Bertz CT molecular complexity index is 1210. The van der Waals surface area contributed by atoms with Crippen molar-refractivity contribution in [2.24, 2.45) is 5.92 Å². The van der Waals surface area contributed by atoms with E-state index in [1.54, 1.807) is 0 Å². The number of nitrogens with zero attached hydrogens (tertiary/aromatic N) is 3. The van der Waals surface area contributed by atoms with Crippen LogP contribution < -0.4 is 0 Å². The normalized spacial score (nSPS) is 23.6. The maximum Gasteiger partial charge on any atom is 0.139 e. The van der Waals surface area contributed by atoms with Crippen LogP contribution in [0.25, 0.3) is 22.3 Å². The lowest BCUT2D eigenvalue weighted by molar-refractivity contribution is 0.104. The molecule has 3 heterocycles. The van der Waals surface area contributed by atoms with Gasteiger partial charge in [-0.25, -0.2) is 4.98 Å². The second-order valence-corrected chi connectivity index (χ2v) is 9.25. The lowest BCUT2D eigenvalue weighted by Crippen LogP contribution is -2.48. The van der Waals surface area contributed by atoms with Crippen molar-refractivity contribution in [1.29, 1.82) is 0 Å². The number of nitrogens with one attached hydrogen (secondary N) is 1. The number of imidazole rings is 1. The summed E-state index contributed by atoms with van der Waals surface area (Å²) in [7, 11) is 2.28. The molecule has 2 aliphatic rings. The summed E-state index contributed by atoms with van der Waals surface area (Å²) in [4.78, 5) is 10.6. The number of hydrogen-bond donors (Lipinski definition) is 1. The highest BCUT2D eigenvalue weighted by Crippen LogP contribution is 2.46. The number of aromatic nitrogens is 3. The van der Waals surface area contributed by atoms with Crippen LogP contribution in [0.5, 0.6) is 0 Å². The van der Waals surface area contributed by atoms with E-state index >= 15 is 0 Å². The number of H-pyrrole nitrogens is 1. The van der Waals surface area contributed by atoms with Gasteiger partial charge in [-0.1, -0.05) is 54.1 Å². The number of piperidine rings is 1. The predicted octanol–water partition coefficient (Wildman–Crippen LogP) is 5.35. The van der Waals surface area contributed by atoms with Crippen LogP contribution in [0.3, 0.4) is 0 Å². The summed E-state index contributed by atoms with van der Waals surface area (Å²) in [6.07, 6.45) is 6.28. The maximum absolute atomic E-state index is 6.57. The van der Waals surface area contributed by atoms with E-state index in [4.69, 9.17) is 11.6 Å². The second kappa shape index (κ2) is 7.00. The average Bonchev–Trinajstić information content (AvgIpc) is 3.35. The van der Waals surface area contributed by atoms with Gasteiger partial charge < -0.3 is 14.5 Å². The smallest absolute Gasteiger partial charge is 0.139 e. The zero-order valence-electron chi connectivity index (χ0n) is 17.1. The van der Waals surface area contributed by atoms with E-state index < -0.39 is 0 Å². The average molecular weight is 417 g/mol. The molecule has 1 aliphatic heterocycles. The Morgan fingerprint density at radius 2 is 2.00 bits per heavy atom. The fraction of sp³-hybridized carbons (Fsp3) is 0.320. The van der Waals surface area contributed by atoms with E-state index in [1.807, 2.05) is 6.20 Å². The molecule has 1 N–H and O–H groups in total. The van der Waals surface area contributed by atoms with Crippen LogP contribution >= 0.6 is 11.6 Å². The predicted molar refractivity (Wildman–Crippen MR) is 122 cm³/mol. The first-order chi connectivity index (χ1) is 14.7. The molecule has 2 aromatic carbocycles. The molecule has 1 unspecified atom stereocenters. The Kier molecular flexibility index (Phi) is 4.25. The Morgan fingerprint density at radius 3 is 2.87 bits per heavy atom. The quantitative estimate of drug-likeness (QED) is 0.489. The number of aromatic amines is 1. The summed E-state index contributed by atoms with van der Waals surface area (Å²) in [5, 5.41) is 2.18. The summed E-state index contributed by atoms with van der Waals surface area (Å²) >= 11 is 6.57. The van der Waals surface area contributed by atoms with Crippen molar-refractivity contribution in [1.82, 2.24) is 19.4 Å². The third-order valence-electron chi connectivity index (χ3n) is 7.09. The molecule has 30 heavy (non-hydrogen) atoms. The Morgan fingerprint density at radius 1 is 1.13 bits per heavy atom. The molecular formula is C25H25ClN4. The van der Waals surface area contributed by atoms with Crippen molar-refractivity contribution in [3.63, 3.8) is 0 Å². The summed E-state index contributed by atoms with van der Waals surface area (Å²) in [5.74, 6) is 2.19. The number of halogens is 1. The van der Waals surface area contributed by atoms with E-state index in [0.29, 0.717) is 17.9 Å². The van der Waals surface area contributed by atoms with E-state index in [2.05, 4.69) is 81.2 Å². The Balaban J connectivity index is 1.33. The lowest BCUT2D eigenvalue weighted by Gasteiger charge is -2.45. The van der Waals surface area contributed by atoms with Gasteiger partial charge in [-0.05, 0) is 43.0 Å². The van der Waals surface area contributed by atoms with E-state index in [0.717, 1.165) is 30.5 Å². The molecule has 6 rings (SSSR count). The highest BCUT2D eigenvalue weighted by molar-refractivity contribution is 6.32. The number of benzene rings is 2. The van der Waals surface area contributed by atoms with Crippen LogP contribution in [-0.4, -0.2) is 39.1 Å². The van der Waals surface area contributed by atoms with Crippen molar-refractivity contribution in [3.05, 3.63) is 77.2 Å². The Hall–Kier alpha value is -2.56. The van der Waals surface area contributed by atoms with Crippen LogP contribution in [0.15, 0.2) is 60.9 Å². The molecule has 3 atom stereocenters. The monoisotopic (exact) mass is 416 g/mol. The van der Waals surface area contributed by atoms with Crippen LogP contribution in [0.1, 0.15) is 23.5 Å². The molecule has 1 aliphatic carbocycles. The van der Waals surface area contributed by atoms with Gasteiger partial charge in [-0.15, -0.1) is 0 Å². The number of fused-ring (bicyclic) bond motifs is 2. The standard InChI is InChI=1S/C25H25ClN4/c1-29-14-16(15-30-11-10-27-25(30)17-6-3-2-4-7-17)12-19-18-8-5-9-21-23(18)20(13-22(19)29)24(26)28-21/h2-11,16,19,22,28H,12-15H2,1H3/t16-,19?,22+/m0/s1. The van der Waals surface area contributed by atoms with Gasteiger partial charge in [0.15, 0.2) is 0 Å². The summed E-state index contributed by atoms with van der Waals surface area (Å²) in [6.45, 7) is 2.09. The van der Waals surface area contributed by atoms with Gasteiger partial charge >= 0.3 is 0 Å². The zero-order valence-corrected chi connectivity index (χ0v) is 17.8. The molecule has 2 aromatic heterocycles. The van der Waals surface area contributed by atoms with Crippen LogP contribution in [0.2, 0.25) is 5.15 Å². The third kappa shape index (κ3) is 2.82. The molecule has 1 fully saturated rings. The first kappa shape index (κ1) is 18.2. The minimum absolute atomic E-state index is 0.518. The van der Waals surface area contributed by atoms with E-state index in [1.165, 1.54) is 34.0 Å². The summed E-state index contributed by atoms with van der Waals surface area (Å²) < 4.78 is 2.33. The van der Waals surface area contributed by atoms with Crippen molar-refractivity contribution in [3.8, 4) is 11.4 Å². The largest absolute Gasteiger partial charge is 0.345 e. The summed E-state index contributed by atoms with van der Waals surface area (Å²) in [6, 6.07) is 17.6. The fourth-order valence-corrected chi connectivity index (χ4v) is 6.09. The molecule has 0 amide bonds. The molecule has 4 nitrogen and oxygen atoms in total. The first-order valence-corrected chi connectivity index (χ1v) is 11.1. The summed E-state index contributed by atoms with van der Waals surface area (Å²) in [5.41, 5.74) is 5.12. The number of hydrogen-bond acceptors (Lipinski definition) is 2. The van der Waals surface area contributed by atoms with Crippen molar-refractivity contribution < 1.29 is 0 Å². The maximum atomic E-state index is 6.57. The van der Waals surface area contributed by atoms with Gasteiger partial charge in [-0.2, -0.15) is 0 Å². The van der Waals surface area contributed by atoms with E-state index in [9.17, 15) is 0 Å².